The average molecular weight is 552 g/mol. The van der Waals surface area contributed by atoms with Gasteiger partial charge in [0.15, 0.2) is 11.5 Å². The smallest absolute Gasteiger partial charge is 0.208 e. The van der Waals surface area contributed by atoms with Crippen molar-refractivity contribution >= 4 is 42.5 Å². The van der Waals surface area contributed by atoms with Crippen molar-refractivity contribution in [1.29, 1.82) is 0 Å². The first-order valence-corrected chi connectivity index (χ1v) is 17.2. The van der Waals surface area contributed by atoms with Crippen molar-refractivity contribution in [3.63, 3.8) is 0 Å². The lowest BCUT2D eigenvalue weighted by Crippen LogP contribution is -2.16. The van der Waals surface area contributed by atoms with E-state index in [0.29, 0.717) is 29.7 Å². The zero-order valence-electron chi connectivity index (χ0n) is 23.3. The molecule has 1 unspecified atom stereocenters. The molecule has 0 bridgehead atoms. The zero-order valence-corrected chi connectivity index (χ0v) is 25.0. The third kappa shape index (κ3) is 14.5. The van der Waals surface area contributed by atoms with Crippen molar-refractivity contribution in [2.75, 3.05) is 23.4 Å². The van der Waals surface area contributed by atoms with Crippen LogP contribution in [0, 0.1) is 0 Å². The number of rotatable bonds is 23. The minimum atomic E-state index is -1.44. The molecular formula is C28H50N5O2PS. The van der Waals surface area contributed by atoms with Crippen LogP contribution >= 0.6 is 19.5 Å². The monoisotopic (exact) mass is 551 g/mol. The molecule has 7 nitrogen and oxygen atoms in total. The van der Waals surface area contributed by atoms with Crippen molar-refractivity contribution in [2.24, 2.45) is 0 Å². The predicted molar refractivity (Wildman–Crippen MR) is 160 cm³/mol. The van der Waals surface area contributed by atoms with Crippen LogP contribution in [0.25, 0.3) is 11.2 Å². The summed E-state index contributed by atoms with van der Waals surface area (Å²) in [7, 11) is -1.44. The van der Waals surface area contributed by atoms with Crippen LogP contribution in [-0.4, -0.2) is 49.3 Å². The maximum atomic E-state index is 12.3. The summed E-state index contributed by atoms with van der Waals surface area (Å²) in [4.78, 5) is 24.7. The molecule has 0 saturated heterocycles. The number of thioether (sulfide) groups is 1. The van der Waals surface area contributed by atoms with Gasteiger partial charge in [0.2, 0.25) is 5.98 Å². The molecule has 2 aromatic rings. The number of fused-ring (bicyclic) bond motifs is 1. The van der Waals surface area contributed by atoms with E-state index in [0.717, 1.165) is 12.2 Å². The number of unbranched alkanes of at least 4 members (excludes halogenated alkanes) is 13. The molecule has 2 aromatic heterocycles. The second-order valence-electron chi connectivity index (χ2n) is 10.1. The third-order valence-electron chi connectivity index (χ3n) is 6.60. The molecule has 0 spiro atoms. The Balaban J connectivity index is 1.38. The molecule has 2 heterocycles. The summed E-state index contributed by atoms with van der Waals surface area (Å²) in [6, 6.07) is 0. The van der Waals surface area contributed by atoms with Crippen molar-refractivity contribution in [2.45, 2.75) is 123 Å². The van der Waals surface area contributed by atoms with E-state index in [-0.39, 0.29) is 6.10 Å². The Morgan fingerprint density at radius 2 is 1.51 bits per heavy atom. The minimum Gasteiger partial charge on any atom is -0.629 e. The molecule has 2 rings (SSSR count). The lowest BCUT2D eigenvalue weighted by atomic mass is 10.0. The third-order valence-corrected chi connectivity index (χ3v) is 8.87. The lowest BCUT2D eigenvalue weighted by Gasteiger charge is -2.10. The molecule has 0 radical (unpaired) electrons. The standard InChI is InChI=1S/C28H50N5O2PS/c1-3-4-5-6-7-8-9-10-11-12-13-14-15-16-19-37-20-17-18-36(34)24-35-25(2)21-33-23-32-26-27(29)30-22-31-28(26)33/h22-25H,3-21H2,1-2H3,(H2,29,30,31)/t25-/m1/s1. The van der Waals surface area contributed by atoms with Gasteiger partial charge in [0.25, 0.3) is 0 Å². The van der Waals surface area contributed by atoms with Crippen molar-refractivity contribution < 1.29 is 9.63 Å². The summed E-state index contributed by atoms with van der Waals surface area (Å²) >= 11 is 1.99. The fourth-order valence-corrected chi connectivity index (χ4v) is 6.49. The molecule has 0 aliphatic rings. The Labute approximate surface area is 230 Å². The molecule has 9 heteroatoms. The average Bonchev–Trinajstić information content (AvgIpc) is 3.30. The van der Waals surface area contributed by atoms with Crippen LogP contribution in [0.15, 0.2) is 12.7 Å². The number of hydrogen-bond donors (Lipinski definition) is 1. The highest BCUT2D eigenvalue weighted by atomic mass is 32.2. The first kappa shape index (κ1) is 32.0. The van der Waals surface area contributed by atoms with Gasteiger partial charge in [0, 0.05) is 0 Å². The summed E-state index contributed by atoms with van der Waals surface area (Å²) in [6.07, 6.45) is 24.3. The fraction of sp³-hybridized carbons (Fsp3) is 0.786. The Bertz CT molecular complexity index is 879. The van der Waals surface area contributed by atoms with Crippen molar-refractivity contribution in [1.82, 2.24) is 19.5 Å². The molecule has 0 aliphatic heterocycles. The molecule has 0 amide bonds. The Hall–Kier alpha value is -1.21. The molecule has 0 aromatic carbocycles. The van der Waals surface area contributed by atoms with E-state index in [1.54, 1.807) is 6.33 Å². The maximum absolute atomic E-state index is 12.3. The van der Waals surface area contributed by atoms with Crippen molar-refractivity contribution in [3.05, 3.63) is 12.7 Å². The molecule has 0 aliphatic carbocycles. The molecule has 0 fully saturated rings. The van der Waals surface area contributed by atoms with Gasteiger partial charge >= 0.3 is 0 Å². The minimum absolute atomic E-state index is 0.137. The normalized spacial score (nSPS) is 13.0. The number of ether oxygens (including phenoxy) is 1. The molecule has 0 saturated carbocycles. The van der Waals surface area contributed by atoms with Gasteiger partial charge in [-0.05, 0) is 31.3 Å². The van der Waals surface area contributed by atoms with Crippen LogP contribution in [-0.2, 0) is 11.3 Å². The second-order valence-corrected chi connectivity index (χ2v) is 12.8. The zero-order chi connectivity index (χ0) is 26.6. The highest BCUT2D eigenvalue weighted by Crippen LogP contribution is 2.18. The molecule has 37 heavy (non-hydrogen) atoms. The summed E-state index contributed by atoms with van der Waals surface area (Å²) in [5.74, 6) is 4.18. The van der Waals surface area contributed by atoms with E-state index >= 15 is 0 Å². The predicted octanol–water partition coefficient (Wildman–Crippen LogP) is 6.94. The van der Waals surface area contributed by atoms with Gasteiger partial charge < -0.3 is 19.9 Å². The van der Waals surface area contributed by atoms with E-state index in [9.17, 15) is 4.89 Å². The van der Waals surface area contributed by atoms with Crippen LogP contribution in [0.4, 0.5) is 5.82 Å². The number of hydrogen-bond acceptors (Lipinski definition) is 7. The first-order chi connectivity index (χ1) is 18.1. The Morgan fingerprint density at radius 3 is 2.16 bits per heavy atom. The molecule has 2 atom stereocenters. The molecule has 210 valence electrons. The first-order valence-electron chi connectivity index (χ1n) is 14.5. The number of nitrogens with zero attached hydrogens (tertiary/aromatic N) is 4. The topological polar surface area (TPSA) is 102 Å². The quantitative estimate of drug-likeness (QED) is 0.118. The summed E-state index contributed by atoms with van der Waals surface area (Å²) in [6.45, 7) is 4.79. The van der Waals surface area contributed by atoms with Gasteiger partial charge in [0.05, 0.1) is 26.7 Å². The highest BCUT2D eigenvalue weighted by Gasteiger charge is 2.11. The second kappa shape index (κ2) is 20.7. The molecule has 2 N–H and O–H groups in total. The van der Waals surface area contributed by atoms with E-state index in [1.165, 1.54) is 108 Å². The van der Waals surface area contributed by atoms with Gasteiger partial charge in [-0.1, -0.05) is 90.4 Å². The van der Waals surface area contributed by atoms with Crippen LogP contribution < -0.4 is 10.6 Å². The Kier molecular flexibility index (Phi) is 17.9. The van der Waals surface area contributed by atoms with E-state index in [1.807, 2.05) is 23.3 Å². The van der Waals surface area contributed by atoms with E-state index < -0.39 is 7.77 Å². The fourth-order valence-electron chi connectivity index (χ4n) is 4.40. The van der Waals surface area contributed by atoms with E-state index in [4.69, 9.17) is 10.5 Å². The SMILES string of the molecule is CCCCCCCCCCCCCCCCSCCC[P+]([O-])=CO[C@H](C)Cn1cnc2c(N)ncnc21. The van der Waals surface area contributed by atoms with Crippen LogP contribution in [0.2, 0.25) is 0 Å². The number of imidazole rings is 1. The lowest BCUT2D eigenvalue weighted by molar-refractivity contribution is -0.153. The van der Waals surface area contributed by atoms with Gasteiger partial charge in [-0.15, -0.1) is 0 Å². The number of aromatic nitrogens is 4. The summed E-state index contributed by atoms with van der Waals surface area (Å²) in [5.41, 5.74) is 7.11. The summed E-state index contributed by atoms with van der Waals surface area (Å²) < 4.78 is 7.59. The van der Waals surface area contributed by atoms with Gasteiger partial charge in [0.1, 0.15) is 18.0 Å². The van der Waals surface area contributed by atoms with Crippen LogP contribution in [0.5, 0.6) is 0 Å². The Morgan fingerprint density at radius 1 is 0.919 bits per heavy atom. The van der Waals surface area contributed by atoms with Crippen LogP contribution in [0.1, 0.15) is 110 Å². The van der Waals surface area contributed by atoms with Crippen molar-refractivity contribution in [3.8, 4) is 0 Å². The maximum Gasteiger partial charge on any atom is 0.208 e. The number of anilines is 1. The van der Waals surface area contributed by atoms with E-state index in [2.05, 4.69) is 21.9 Å². The number of nitrogens with two attached hydrogens (primary N) is 1. The van der Waals surface area contributed by atoms with Gasteiger partial charge in [-0.2, -0.15) is 11.8 Å². The molecular weight excluding hydrogens is 501 g/mol. The summed E-state index contributed by atoms with van der Waals surface area (Å²) in [5, 5.41) is 0. The van der Waals surface area contributed by atoms with Crippen LogP contribution in [0.3, 0.4) is 0 Å². The largest absolute Gasteiger partial charge is 0.629 e. The number of nitrogen functional groups attached to an aromatic ring is 1. The highest BCUT2D eigenvalue weighted by molar-refractivity contribution is 7.99. The van der Waals surface area contributed by atoms with Gasteiger partial charge in [-0.3, -0.25) is 0 Å². The van der Waals surface area contributed by atoms with Gasteiger partial charge in [-0.25, -0.2) is 15.0 Å².